The van der Waals surface area contributed by atoms with E-state index in [1.165, 1.54) is 37.1 Å². The highest BCUT2D eigenvalue weighted by Crippen LogP contribution is 2.22. The first-order valence-electron chi connectivity index (χ1n) is 8.39. The molecule has 21 heavy (non-hydrogen) atoms. The molecular weight excluding hydrogens is 260 g/mol. The lowest BCUT2D eigenvalue weighted by Crippen LogP contribution is -2.23. The summed E-state index contributed by atoms with van der Waals surface area (Å²) in [7, 11) is 0. The topological polar surface area (TPSA) is 38.5 Å². The number of hydrogen-bond acceptors (Lipinski definition) is 3. The second-order valence-electron chi connectivity index (χ2n) is 6.23. The van der Waals surface area contributed by atoms with E-state index in [0.717, 1.165) is 38.2 Å². The minimum Gasteiger partial charge on any atom is -0.493 e. The van der Waals surface area contributed by atoms with Crippen LogP contribution in [-0.4, -0.2) is 37.2 Å². The fourth-order valence-corrected chi connectivity index (χ4v) is 2.91. The van der Waals surface area contributed by atoms with E-state index in [1.54, 1.807) is 0 Å². The van der Waals surface area contributed by atoms with E-state index in [1.807, 2.05) is 0 Å². The molecule has 2 N–H and O–H groups in total. The van der Waals surface area contributed by atoms with Crippen LogP contribution in [0.15, 0.2) is 18.2 Å². The van der Waals surface area contributed by atoms with Gasteiger partial charge in [0.1, 0.15) is 5.75 Å². The lowest BCUT2D eigenvalue weighted by atomic mass is 10.0. The molecule has 0 amide bonds. The summed E-state index contributed by atoms with van der Waals surface area (Å²) in [5.74, 6) is 1.02. The Morgan fingerprint density at radius 3 is 2.76 bits per heavy atom. The fourth-order valence-electron chi connectivity index (χ4n) is 2.91. The van der Waals surface area contributed by atoms with Gasteiger partial charge >= 0.3 is 0 Å². The van der Waals surface area contributed by atoms with E-state index in [-0.39, 0.29) is 6.04 Å². The Balaban J connectivity index is 1.83. The zero-order valence-corrected chi connectivity index (χ0v) is 13.6. The second kappa shape index (κ2) is 8.40. The molecule has 1 heterocycles. The van der Waals surface area contributed by atoms with Crippen LogP contribution in [0, 0.1) is 6.92 Å². The van der Waals surface area contributed by atoms with E-state index in [0.29, 0.717) is 0 Å². The van der Waals surface area contributed by atoms with Crippen molar-refractivity contribution < 1.29 is 4.74 Å². The largest absolute Gasteiger partial charge is 0.493 e. The highest BCUT2D eigenvalue weighted by atomic mass is 16.5. The molecule has 2 rings (SSSR count). The third-order valence-corrected chi connectivity index (χ3v) is 4.30. The Morgan fingerprint density at radius 2 is 2.05 bits per heavy atom. The lowest BCUT2D eigenvalue weighted by molar-refractivity contribution is 0.261. The first-order chi connectivity index (χ1) is 10.2. The standard InChI is InChI=1S/C18H30N2O/c1-3-17(19)14-16-13-15(2)7-8-18(16)21-12-6-11-20-9-4-5-10-20/h7-8,13,17H,3-6,9-12,14,19H2,1-2H3. The van der Waals surface area contributed by atoms with Crippen molar-refractivity contribution in [2.45, 2.75) is 52.0 Å². The van der Waals surface area contributed by atoms with Gasteiger partial charge in [0, 0.05) is 12.6 Å². The van der Waals surface area contributed by atoms with Gasteiger partial charge in [-0.2, -0.15) is 0 Å². The maximum absolute atomic E-state index is 6.10. The van der Waals surface area contributed by atoms with Crippen molar-refractivity contribution in [2.24, 2.45) is 5.73 Å². The van der Waals surface area contributed by atoms with Gasteiger partial charge < -0.3 is 15.4 Å². The first-order valence-corrected chi connectivity index (χ1v) is 8.39. The molecule has 0 bridgehead atoms. The van der Waals surface area contributed by atoms with Crippen molar-refractivity contribution in [3.05, 3.63) is 29.3 Å². The van der Waals surface area contributed by atoms with Crippen molar-refractivity contribution in [2.75, 3.05) is 26.2 Å². The summed E-state index contributed by atoms with van der Waals surface area (Å²) in [4.78, 5) is 2.53. The second-order valence-corrected chi connectivity index (χ2v) is 6.23. The Kier molecular flexibility index (Phi) is 6.52. The number of aryl methyl sites for hydroxylation is 1. The SMILES string of the molecule is CCC(N)Cc1cc(C)ccc1OCCCN1CCCC1. The van der Waals surface area contributed by atoms with Crippen LogP contribution in [0.1, 0.15) is 43.7 Å². The number of rotatable bonds is 8. The minimum absolute atomic E-state index is 0.221. The normalized spacial score (nSPS) is 17.1. The maximum Gasteiger partial charge on any atom is 0.122 e. The zero-order valence-electron chi connectivity index (χ0n) is 13.6. The van der Waals surface area contributed by atoms with Crippen LogP contribution in [0.3, 0.4) is 0 Å². The zero-order chi connectivity index (χ0) is 15.1. The molecule has 1 atom stereocenters. The molecule has 3 heteroatoms. The Hall–Kier alpha value is -1.06. The number of nitrogens with zero attached hydrogens (tertiary/aromatic N) is 1. The molecule has 1 aromatic rings. The summed E-state index contributed by atoms with van der Waals surface area (Å²) in [6.45, 7) is 8.75. The van der Waals surface area contributed by atoms with Crippen LogP contribution in [0.25, 0.3) is 0 Å². The van der Waals surface area contributed by atoms with Gasteiger partial charge in [-0.1, -0.05) is 24.6 Å². The van der Waals surface area contributed by atoms with Gasteiger partial charge in [-0.3, -0.25) is 0 Å². The fraction of sp³-hybridized carbons (Fsp3) is 0.667. The van der Waals surface area contributed by atoms with Crippen LogP contribution in [0.4, 0.5) is 0 Å². The molecule has 0 radical (unpaired) electrons. The molecule has 1 unspecified atom stereocenters. The molecular formula is C18H30N2O. The van der Waals surface area contributed by atoms with Crippen LogP contribution in [-0.2, 0) is 6.42 Å². The molecule has 1 aromatic carbocycles. The van der Waals surface area contributed by atoms with E-state index in [9.17, 15) is 0 Å². The van der Waals surface area contributed by atoms with Gasteiger partial charge in [0.15, 0.2) is 0 Å². The minimum atomic E-state index is 0.221. The van der Waals surface area contributed by atoms with E-state index < -0.39 is 0 Å². The van der Waals surface area contributed by atoms with Gasteiger partial charge in [0.2, 0.25) is 0 Å². The molecule has 3 nitrogen and oxygen atoms in total. The number of ether oxygens (including phenoxy) is 1. The van der Waals surface area contributed by atoms with E-state index >= 15 is 0 Å². The third kappa shape index (κ3) is 5.33. The number of likely N-dealkylation sites (tertiary alicyclic amines) is 1. The van der Waals surface area contributed by atoms with Crippen LogP contribution in [0.5, 0.6) is 5.75 Å². The van der Waals surface area contributed by atoms with Crippen molar-refractivity contribution in [1.29, 1.82) is 0 Å². The van der Waals surface area contributed by atoms with Crippen molar-refractivity contribution in [3.8, 4) is 5.75 Å². The molecule has 1 aliphatic rings. The number of nitrogens with two attached hydrogens (primary N) is 1. The highest BCUT2D eigenvalue weighted by Gasteiger charge is 2.11. The quantitative estimate of drug-likeness (QED) is 0.748. The van der Waals surface area contributed by atoms with Gasteiger partial charge in [-0.15, -0.1) is 0 Å². The Bertz CT molecular complexity index is 427. The first kappa shape index (κ1) is 16.3. The Morgan fingerprint density at radius 1 is 1.29 bits per heavy atom. The predicted octanol–water partition coefficient (Wildman–Crippen LogP) is 3.14. The average Bonchev–Trinajstić information content (AvgIpc) is 2.98. The van der Waals surface area contributed by atoms with Crippen molar-refractivity contribution in [1.82, 2.24) is 4.90 Å². The van der Waals surface area contributed by atoms with Crippen molar-refractivity contribution >= 4 is 0 Å². The molecule has 0 saturated carbocycles. The third-order valence-electron chi connectivity index (χ3n) is 4.30. The monoisotopic (exact) mass is 290 g/mol. The summed E-state index contributed by atoms with van der Waals surface area (Å²) in [6, 6.07) is 6.66. The van der Waals surface area contributed by atoms with Gasteiger partial charge in [-0.25, -0.2) is 0 Å². The molecule has 1 aliphatic heterocycles. The van der Waals surface area contributed by atoms with Crippen molar-refractivity contribution in [3.63, 3.8) is 0 Å². The number of benzene rings is 1. The summed E-state index contributed by atoms with van der Waals surface area (Å²) in [5, 5.41) is 0. The van der Waals surface area contributed by atoms with Crippen LogP contribution >= 0.6 is 0 Å². The Labute approximate surface area is 129 Å². The van der Waals surface area contributed by atoms with E-state index in [4.69, 9.17) is 10.5 Å². The van der Waals surface area contributed by atoms with Gasteiger partial charge in [0.05, 0.1) is 6.61 Å². The van der Waals surface area contributed by atoms with E-state index in [2.05, 4.69) is 36.9 Å². The van der Waals surface area contributed by atoms with Gasteiger partial charge in [0.25, 0.3) is 0 Å². The molecule has 118 valence electrons. The summed E-state index contributed by atoms with van der Waals surface area (Å²) in [5.41, 5.74) is 8.63. The molecule has 1 saturated heterocycles. The smallest absolute Gasteiger partial charge is 0.122 e. The summed E-state index contributed by atoms with van der Waals surface area (Å²) in [6.07, 6.45) is 5.73. The molecule has 0 aliphatic carbocycles. The molecule has 0 aromatic heterocycles. The van der Waals surface area contributed by atoms with Crippen LogP contribution in [0.2, 0.25) is 0 Å². The van der Waals surface area contributed by atoms with Gasteiger partial charge in [-0.05, 0) is 63.7 Å². The lowest BCUT2D eigenvalue weighted by Gasteiger charge is -2.17. The predicted molar refractivity (Wildman–Crippen MR) is 88.9 cm³/mol. The van der Waals surface area contributed by atoms with Crippen LogP contribution < -0.4 is 10.5 Å². The highest BCUT2D eigenvalue weighted by molar-refractivity contribution is 5.37. The average molecular weight is 290 g/mol. The summed E-state index contributed by atoms with van der Waals surface area (Å²) >= 11 is 0. The molecule has 1 fully saturated rings. The number of hydrogen-bond donors (Lipinski definition) is 1. The maximum atomic E-state index is 6.10. The molecule has 0 spiro atoms. The summed E-state index contributed by atoms with van der Waals surface area (Å²) < 4.78 is 6.02.